The van der Waals surface area contributed by atoms with Gasteiger partial charge in [-0.1, -0.05) is 18.2 Å². The zero-order chi connectivity index (χ0) is 43.4. The summed E-state index contributed by atoms with van der Waals surface area (Å²) in [5, 5.41) is 18.1. The van der Waals surface area contributed by atoms with E-state index in [-0.39, 0.29) is 48.8 Å². The average Bonchev–Trinajstić information content (AvgIpc) is 4.08. The van der Waals surface area contributed by atoms with E-state index in [9.17, 15) is 19.2 Å². The number of carbonyl (C=O) groups excluding carboxylic acids is 4. The number of rotatable bonds is 17. The molecule has 0 saturated carbocycles. The predicted octanol–water partition coefficient (Wildman–Crippen LogP) is 4.09. The minimum atomic E-state index is -0.666. The molecule has 2 aromatic carbocycles. The minimum Gasteiger partial charge on any atom is -0.494 e. The number of nitrogens with one attached hydrogen (secondary N) is 3. The molecule has 1 saturated heterocycles. The van der Waals surface area contributed by atoms with Gasteiger partial charge in [-0.05, 0) is 89.6 Å². The Morgan fingerprint density at radius 1 is 0.770 bits per heavy atom. The van der Waals surface area contributed by atoms with Gasteiger partial charge in [0.15, 0.2) is 0 Å². The molecule has 6 aromatic rings. The zero-order valence-electron chi connectivity index (χ0n) is 34.7. The van der Waals surface area contributed by atoms with Crippen molar-refractivity contribution >= 4 is 57.6 Å². The molecule has 5 heterocycles. The third kappa shape index (κ3) is 8.86. The highest BCUT2D eigenvalue weighted by atomic mass is 16.5. The maximum atomic E-state index is 13.8. The molecule has 7 N–H and O–H groups in total. The van der Waals surface area contributed by atoms with Gasteiger partial charge in [0.1, 0.15) is 40.5 Å². The van der Waals surface area contributed by atoms with Crippen LogP contribution >= 0.6 is 0 Å². The SMILES string of the molecule is CCn1nc(C)cc1C(=O)Nc1nc2cc(C(N)=O)cc(OC)c2n1C/C=C/Cn1c(NC(=O)c2cc(C)nn2CC)nc2cc(C(N)=O)cc(OC/C=C/[C@@H]3CCCN3)c21. The lowest BCUT2D eigenvalue weighted by molar-refractivity contribution is 0.0991. The van der Waals surface area contributed by atoms with Crippen LogP contribution in [0.5, 0.6) is 11.5 Å². The van der Waals surface area contributed by atoms with Crippen molar-refractivity contribution in [2.75, 3.05) is 30.9 Å². The molecule has 4 aromatic heterocycles. The number of methoxy groups -OCH3 is 1. The second-order valence-corrected chi connectivity index (χ2v) is 14.5. The second-order valence-electron chi connectivity index (χ2n) is 14.5. The lowest BCUT2D eigenvalue weighted by atomic mass is 10.1. The van der Waals surface area contributed by atoms with Crippen LogP contribution in [0, 0.1) is 13.8 Å². The van der Waals surface area contributed by atoms with Crippen molar-refractivity contribution in [3.8, 4) is 11.5 Å². The van der Waals surface area contributed by atoms with E-state index in [0.29, 0.717) is 69.4 Å². The van der Waals surface area contributed by atoms with Gasteiger partial charge in [-0.25, -0.2) is 9.97 Å². The van der Waals surface area contributed by atoms with E-state index in [2.05, 4.69) is 32.2 Å². The van der Waals surface area contributed by atoms with Gasteiger partial charge < -0.3 is 35.4 Å². The summed E-state index contributed by atoms with van der Waals surface area (Å²) in [4.78, 5) is 61.6. The summed E-state index contributed by atoms with van der Waals surface area (Å²) >= 11 is 0. The van der Waals surface area contributed by atoms with Gasteiger partial charge in [-0.2, -0.15) is 10.2 Å². The Hall–Kier alpha value is -7.28. The first-order valence-corrected chi connectivity index (χ1v) is 20.0. The minimum absolute atomic E-state index is 0.165. The molecule has 0 unspecified atom stereocenters. The summed E-state index contributed by atoms with van der Waals surface area (Å²) in [5.41, 5.74) is 15.6. The smallest absolute Gasteiger partial charge is 0.276 e. The Morgan fingerprint density at radius 3 is 1.74 bits per heavy atom. The second kappa shape index (κ2) is 17.9. The number of aryl methyl sites for hydroxylation is 4. The quantitative estimate of drug-likeness (QED) is 0.0820. The van der Waals surface area contributed by atoms with E-state index in [0.717, 1.165) is 19.4 Å². The number of ether oxygens (including phenoxy) is 2. The molecule has 0 aliphatic carbocycles. The Balaban J connectivity index is 1.27. The Labute approximate surface area is 350 Å². The largest absolute Gasteiger partial charge is 0.494 e. The molecular weight excluding hydrogens is 783 g/mol. The van der Waals surface area contributed by atoms with Crippen molar-refractivity contribution in [2.24, 2.45) is 11.5 Å². The lowest BCUT2D eigenvalue weighted by Gasteiger charge is -2.13. The highest BCUT2D eigenvalue weighted by molar-refractivity contribution is 6.05. The van der Waals surface area contributed by atoms with Crippen molar-refractivity contribution in [2.45, 2.75) is 72.8 Å². The Bertz CT molecular complexity index is 2710. The van der Waals surface area contributed by atoms with Crippen molar-refractivity contribution in [1.29, 1.82) is 0 Å². The molecule has 318 valence electrons. The summed E-state index contributed by atoms with van der Waals surface area (Å²) in [5.74, 6) is -1.16. The van der Waals surface area contributed by atoms with E-state index in [1.54, 1.807) is 49.7 Å². The highest BCUT2D eigenvalue weighted by Crippen LogP contribution is 2.33. The third-order valence-corrected chi connectivity index (χ3v) is 10.3. The van der Waals surface area contributed by atoms with Crippen molar-refractivity contribution in [3.63, 3.8) is 0 Å². The van der Waals surface area contributed by atoms with Crippen LogP contribution in [-0.2, 0) is 26.2 Å². The van der Waals surface area contributed by atoms with Gasteiger partial charge >= 0.3 is 0 Å². The maximum Gasteiger partial charge on any atom is 0.276 e. The molecule has 1 fully saturated rings. The fourth-order valence-corrected chi connectivity index (χ4v) is 7.42. The van der Waals surface area contributed by atoms with Gasteiger partial charge in [-0.3, -0.25) is 39.2 Å². The molecule has 0 radical (unpaired) electrons. The monoisotopic (exact) mass is 831 g/mol. The number of fused-ring (bicyclic) bond motifs is 2. The molecule has 61 heavy (non-hydrogen) atoms. The number of nitrogens with two attached hydrogens (primary N) is 2. The van der Waals surface area contributed by atoms with Crippen LogP contribution < -0.4 is 36.9 Å². The normalized spacial score (nSPS) is 14.1. The number of aromatic nitrogens is 8. The molecule has 0 spiro atoms. The van der Waals surface area contributed by atoms with Crippen LogP contribution in [0.15, 0.2) is 60.7 Å². The molecule has 0 bridgehead atoms. The van der Waals surface area contributed by atoms with Gasteiger partial charge in [0.05, 0.1) is 29.5 Å². The summed E-state index contributed by atoms with van der Waals surface area (Å²) in [6.45, 7) is 9.84. The van der Waals surface area contributed by atoms with E-state index >= 15 is 0 Å². The van der Waals surface area contributed by atoms with E-state index in [1.807, 2.05) is 39.0 Å². The van der Waals surface area contributed by atoms with Gasteiger partial charge in [0.2, 0.25) is 23.7 Å². The Morgan fingerprint density at radius 2 is 1.28 bits per heavy atom. The van der Waals surface area contributed by atoms with Crippen molar-refractivity contribution in [3.05, 3.63) is 94.6 Å². The number of primary amides is 2. The van der Waals surface area contributed by atoms with E-state index < -0.39 is 23.6 Å². The van der Waals surface area contributed by atoms with Crippen LogP contribution in [0.3, 0.4) is 0 Å². The highest BCUT2D eigenvalue weighted by Gasteiger charge is 2.24. The van der Waals surface area contributed by atoms with Gasteiger partial charge in [0, 0.05) is 43.3 Å². The van der Waals surface area contributed by atoms with E-state index in [4.69, 9.17) is 30.9 Å². The molecule has 1 aliphatic heterocycles. The summed E-state index contributed by atoms with van der Waals surface area (Å²) in [7, 11) is 1.47. The summed E-state index contributed by atoms with van der Waals surface area (Å²) < 4.78 is 18.7. The standard InChI is InChI=1S/C42H49N13O6/c1-6-54-31(18-24(3)50-54)39(58)48-41-46-29-20-26(37(43)56)22-33(60-5)35(29)52(41)15-8-9-16-53-36-30(47-42(53)49-40(59)32-19-25(4)51-55(32)7-2)21-27(38(44)57)23-34(36)61-17-11-13-28-12-10-14-45-28/h8-9,11,13,18-23,28,45H,6-7,10,12,14-17H2,1-5H3,(H2,43,56)(H2,44,57)(H,46,48,58)(H,47,49,59)/b9-8+,13-11+/t28-/m0/s1. The molecule has 1 aliphatic rings. The number of carbonyl (C=O) groups is 4. The lowest BCUT2D eigenvalue weighted by Crippen LogP contribution is -2.20. The van der Waals surface area contributed by atoms with Crippen LogP contribution in [0.2, 0.25) is 0 Å². The number of allylic oxidation sites excluding steroid dienone is 2. The summed E-state index contributed by atoms with van der Waals surface area (Å²) in [6.07, 6.45) is 9.82. The van der Waals surface area contributed by atoms with Crippen LogP contribution in [-0.4, -0.2) is 88.6 Å². The molecular formula is C42H49N13O6. The number of benzene rings is 2. The van der Waals surface area contributed by atoms with Gasteiger partial charge in [-0.15, -0.1) is 0 Å². The van der Waals surface area contributed by atoms with Crippen molar-refractivity contribution < 1.29 is 28.7 Å². The number of anilines is 2. The Kier molecular flexibility index (Phi) is 12.3. The van der Waals surface area contributed by atoms with Gasteiger partial charge in [0.25, 0.3) is 11.8 Å². The molecule has 1 atom stereocenters. The predicted molar refractivity (Wildman–Crippen MR) is 229 cm³/mol. The number of imidazole rings is 2. The first-order chi connectivity index (χ1) is 29.4. The molecule has 19 heteroatoms. The zero-order valence-corrected chi connectivity index (χ0v) is 34.7. The summed E-state index contributed by atoms with van der Waals surface area (Å²) in [6, 6.07) is 9.83. The van der Waals surface area contributed by atoms with Crippen LogP contribution in [0.1, 0.15) is 79.8 Å². The molecule has 19 nitrogen and oxygen atoms in total. The van der Waals surface area contributed by atoms with E-state index in [1.165, 1.54) is 19.2 Å². The first kappa shape index (κ1) is 41.9. The van der Waals surface area contributed by atoms with Crippen LogP contribution in [0.4, 0.5) is 11.9 Å². The number of amides is 4. The maximum absolute atomic E-state index is 13.8. The molecule has 4 amide bonds. The number of hydrogen-bond donors (Lipinski definition) is 5. The number of nitrogens with zero attached hydrogens (tertiary/aromatic N) is 8. The fourth-order valence-electron chi connectivity index (χ4n) is 7.42. The van der Waals surface area contributed by atoms with Crippen LogP contribution in [0.25, 0.3) is 22.1 Å². The third-order valence-electron chi connectivity index (χ3n) is 10.3. The molecule has 7 rings (SSSR count). The average molecular weight is 832 g/mol. The number of hydrogen-bond acceptors (Lipinski definition) is 11. The van der Waals surface area contributed by atoms with Crippen molar-refractivity contribution in [1.82, 2.24) is 44.0 Å². The topological polar surface area (TPSA) is 246 Å². The fraction of sp³-hybridized carbons (Fsp3) is 0.333. The first-order valence-electron chi connectivity index (χ1n) is 20.0.